The summed E-state index contributed by atoms with van der Waals surface area (Å²) in [5.41, 5.74) is 0.0932. The molecule has 1 heterocycles. The average molecular weight is 229 g/mol. The van der Waals surface area contributed by atoms with E-state index in [9.17, 15) is 9.59 Å². The van der Waals surface area contributed by atoms with Crippen molar-refractivity contribution in [3.05, 3.63) is 46.4 Å². The molecule has 1 saturated carbocycles. The van der Waals surface area contributed by atoms with Gasteiger partial charge in [-0.25, -0.2) is 4.79 Å². The van der Waals surface area contributed by atoms with Crippen molar-refractivity contribution in [3.8, 4) is 0 Å². The molecular formula is C13H11NO3. The summed E-state index contributed by atoms with van der Waals surface area (Å²) in [6.07, 6.45) is 3.77. The summed E-state index contributed by atoms with van der Waals surface area (Å²) in [6, 6.07) is 6.85. The van der Waals surface area contributed by atoms with Gasteiger partial charge in [-0.05, 0) is 31.0 Å². The molecule has 0 unspecified atom stereocenters. The van der Waals surface area contributed by atoms with Crippen LogP contribution in [0.4, 0.5) is 0 Å². The zero-order valence-electron chi connectivity index (χ0n) is 9.09. The maximum Gasteiger partial charge on any atom is 0.336 e. The van der Waals surface area contributed by atoms with Crippen molar-refractivity contribution in [2.45, 2.75) is 18.9 Å². The van der Waals surface area contributed by atoms with E-state index in [2.05, 4.69) is 0 Å². The standard InChI is InChI=1S/C13H11NO3/c15-12-10-2-1-3-11(13(16)17)9(10)6-7-14(12)8-4-5-8/h1-3,6-8H,4-5H2,(H,16,17). The van der Waals surface area contributed by atoms with Gasteiger partial charge in [-0.3, -0.25) is 4.79 Å². The van der Waals surface area contributed by atoms with Gasteiger partial charge in [0.25, 0.3) is 5.56 Å². The second-order valence-electron chi connectivity index (χ2n) is 4.33. The van der Waals surface area contributed by atoms with Crippen LogP contribution >= 0.6 is 0 Å². The molecule has 0 saturated heterocycles. The topological polar surface area (TPSA) is 59.3 Å². The zero-order chi connectivity index (χ0) is 12.0. The molecule has 1 N–H and O–H groups in total. The number of hydrogen-bond acceptors (Lipinski definition) is 2. The number of fused-ring (bicyclic) bond motifs is 1. The van der Waals surface area contributed by atoms with Gasteiger partial charge in [-0.2, -0.15) is 0 Å². The molecular weight excluding hydrogens is 218 g/mol. The van der Waals surface area contributed by atoms with Gasteiger partial charge in [0.15, 0.2) is 0 Å². The van der Waals surface area contributed by atoms with E-state index in [0.717, 1.165) is 12.8 Å². The number of carboxylic acids is 1. The Hall–Kier alpha value is -2.10. The lowest BCUT2D eigenvalue weighted by Gasteiger charge is -2.06. The van der Waals surface area contributed by atoms with E-state index in [1.807, 2.05) is 0 Å². The first kappa shape index (κ1) is 10.1. The Morgan fingerprint density at radius 1 is 1.24 bits per heavy atom. The van der Waals surface area contributed by atoms with Crippen LogP contribution in [0, 0.1) is 0 Å². The molecule has 17 heavy (non-hydrogen) atoms. The molecule has 0 spiro atoms. The molecule has 1 aromatic carbocycles. The van der Waals surface area contributed by atoms with Gasteiger partial charge in [0.05, 0.1) is 5.56 Å². The summed E-state index contributed by atoms with van der Waals surface area (Å²) in [7, 11) is 0. The lowest BCUT2D eigenvalue weighted by atomic mass is 10.1. The predicted molar refractivity (Wildman–Crippen MR) is 63.4 cm³/mol. The van der Waals surface area contributed by atoms with Gasteiger partial charge in [-0.15, -0.1) is 0 Å². The van der Waals surface area contributed by atoms with E-state index in [1.165, 1.54) is 6.07 Å². The molecule has 4 nitrogen and oxygen atoms in total. The molecule has 1 aromatic heterocycles. The fraction of sp³-hybridized carbons (Fsp3) is 0.231. The number of hydrogen-bond donors (Lipinski definition) is 1. The molecule has 1 fully saturated rings. The third-order valence-electron chi connectivity index (χ3n) is 3.14. The Labute approximate surface area is 97.1 Å². The molecule has 0 amide bonds. The molecule has 1 aliphatic rings. The lowest BCUT2D eigenvalue weighted by molar-refractivity contribution is 0.0699. The molecule has 0 atom stereocenters. The van der Waals surface area contributed by atoms with Gasteiger partial charge in [0.2, 0.25) is 0 Å². The Morgan fingerprint density at radius 3 is 2.65 bits per heavy atom. The van der Waals surface area contributed by atoms with Crippen LogP contribution in [0.15, 0.2) is 35.3 Å². The molecule has 2 aromatic rings. The van der Waals surface area contributed by atoms with Crippen LogP contribution in [-0.4, -0.2) is 15.6 Å². The normalized spacial score (nSPS) is 15.1. The molecule has 4 heteroatoms. The SMILES string of the molecule is O=C(O)c1cccc2c(=O)n(C3CC3)ccc12. The highest BCUT2D eigenvalue weighted by Gasteiger charge is 2.25. The number of rotatable bonds is 2. The van der Waals surface area contributed by atoms with E-state index < -0.39 is 5.97 Å². The minimum atomic E-state index is -1.00. The number of nitrogens with zero attached hydrogens (tertiary/aromatic N) is 1. The first-order chi connectivity index (χ1) is 8.18. The first-order valence-corrected chi connectivity index (χ1v) is 5.55. The largest absolute Gasteiger partial charge is 0.478 e. The van der Waals surface area contributed by atoms with Crippen molar-refractivity contribution in [2.75, 3.05) is 0 Å². The number of carboxylic acid groups (broad SMARTS) is 1. The Kier molecular flexibility index (Phi) is 2.04. The second kappa shape index (κ2) is 3.45. The van der Waals surface area contributed by atoms with Crippen molar-refractivity contribution >= 4 is 16.7 Å². The summed E-state index contributed by atoms with van der Waals surface area (Å²) in [5, 5.41) is 10.1. The maximum absolute atomic E-state index is 12.2. The smallest absolute Gasteiger partial charge is 0.336 e. The molecule has 86 valence electrons. The number of benzene rings is 1. The predicted octanol–water partition coefficient (Wildman–Crippen LogP) is 2.03. The highest BCUT2D eigenvalue weighted by atomic mass is 16.4. The van der Waals surface area contributed by atoms with Crippen LogP contribution in [0.3, 0.4) is 0 Å². The second-order valence-corrected chi connectivity index (χ2v) is 4.33. The van der Waals surface area contributed by atoms with Crippen LogP contribution in [0.5, 0.6) is 0 Å². The fourth-order valence-corrected chi connectivity index (χ4v) is 2.12. The van der Waals surface area contributed by atoms with E-state index in [0.29, 0.717) is 16.8 Å². The summed E-state index contributed by atoms with van der Waals surface area (Å²) in [6.45, 7) is 0. The third kappa shape index (κ3) is 1.53. The molecule has 0 aliphatic heterocycles. The number of carbonyl (C=O) groups is 1. The first-order valence-electron chi connectivity index (χ1n) is 5.55. The number of aromatic carboxylic acids is 1. The van der Waals surface area contributed by atoms with Crippen LogP contribution in [0.1, 0.15) is 29.2 Å². The summed E-state index contributed by atoms with van der Waals surface area (Å²) >= 11 is 0. The van der Waals surface area contributed by atoms with E-state index >= 15 is 0 Å². The minimum Gasteiger partial charge on any atom is -0.478 e. The number of aromatic nitrogens is 1. The fourth-order valence-electron chi connectivity index (χ4n) is 2.12. The van der Waals surface area contributed by atoms with Gasteiger partial charge in [0.1, 0.15) is 0 Å². The van der Waals surface area contributed by atoms with Crippen molar-refractivity contribution in [1.82, 2.24) is 4.57 Å². The van der Waals surface area contributed by atoms with Crippen molar-refractivity contribution in [2.24, 2.45) is 0 Å². The van der Waals surface area contributed by atoms with E-state index in [4.69, 9.17) is 5.11 Å². The van der Waals surface area contributed by atoms with Crippen LogP contribution in [0.2, 0.25) is 0 Å². The monoisotopic (exact) mass is 229 g/mol. The highest BCUT2D eigenvalue weighted by molar-refractivity contribution is 6.03. The van der Waals surface area contributed by atoms with E-state index in [1.54, 1.807) is 29.0 Å². The van der Waals surface area contributed by atoms with Gasteiger partial charge in [-0.1, -0.05) is 6.07 Å². The highest BCUT2D eigenvalue weighted by Crippen LogP contribution is 2.33. The number of pyridine rings is 1. The summed E-state index contributed by atoms with van der Waals surface area (Å²) < 4.78 is 1.70. The van der Waals surface area contributed by atoms with Gasteiger partial charge < -0.3 is 9.67 Å². The van der Waals surface area contributed by atoms with Crippen LogP contribution < -0.4 is 5.56 Å². The van der Waals surface area contributed by atoms with Gasteiger partial charge in [0, 0.05) is 23.0 Å². The Balaban J connectivity index is 2.34. The quantitative estimate of drug-likeness (QED) is 0.857. The third-order valence-corrected chi connectivity index (χ3v) is 3.14. The van der Waals surface area contributed by atoms with Crippen LogP contribution in [-0.2, 0) is 0 Å². The molecule has 0 bridgehead atoms. The molecule has 1 aliphatic carbocycles. The molecule has 0 radical (unpaired) electrons. The minimum absolute atomic E-state index is 0.0897. The van der Waals surface area contributed by atoms with Crippen molar-refractivity contribution in [1.29, 1.82) is 0 Å². The van der Waals surface area contributed by atoms with Gasteiger partial charge >= 0.3 is 5.97 Å². The zero-order valence-corrected chi connectivity index (χ0v) is 9.09. The van der Waals surface area contributed by atoms with Crippen molar-refractivity contribution < 1.29 is 9.90 Å². The summed E-state index contributed by atoms with van der Waals surface area (Å²) in [4.78, 5) is 23.2. The van der Waals surface area contributed by atoms with Crippen molar-refractivity contribution in [3.63, 3.8) is 0 Å². The Morgan fingerprint density at radius 2 is 2.00 bits per heavy atom. The maximum atomic E-state index is 12.2. The van der Waals surface area contributed by atoms with Crippen LogP contribution in [0.25, 0.3) is 10.8 Å². The lowest BCUT2D eigenvalue weighted by Crippen LogP contribution is -2.18. The summed E-state index contributed by atoms with van der Waals surface area (Å²) in [5.74, 6) is -1.00. The molecule has 3 rings (SSSR count). The Bertz CT molecular complexity index is 668. The average Bonchev–Trinajstić information content (AvgIpc) is 3.13. The van der Waals surface area contributed by atoms with E-state index in [-0.39, 0.29) is 11.1 Å².